The lowest BCUT2D eigenvalue weighted by Crippen LogP contribution is -2.37. The van der Waals surface area contributed by atoms with Crippen LogP contribution in [0, 0.1) is 0 Å². The lowest BCUT2D eigenvalue weighted by Gasteiger charge is -2.33. The number of hydrogen-bond acceptors (Lipinski definition) is 4. The Morgan fingerprint density at radius 3 is 2.86 bits per heavy atom. The fraction of sp³-hybridized carbons (Fsp3) is 0.600. The maximum atomic E-state index is 12.0. The molecule has 2 atom stereocenters. The second-order valence-corrected chi connectivity index (χ2v) is 7.49. The Hall–Kier alpha value is -1.11. The van der Waals surface area contributed by atoms with Gasteiger partial charge in [0.1, 0.15) is 0 Å². The third-order valence-corrected chi connectivity index (χ3v) is 5.52. The summed E-state index contributed by atoms with van der Waals surface area (Å²) >= 11 is 0. The van der Waals surface area contributed by atoms with E-state index in [4.69, 9.17) is 4.74 Å². The number of para-hydroxylation sites is 1. The van der Waals surface area contributed by atoms with Gasteiger partial charge < -0.3 is 9.64 Å². The summed E-state index contributed by atoms with van der Waals surface area (Å²) in [7, 11) is 0.293. The Balaban J connectivity index is 2.03. The largest absolute Gasteiger partial charge is 0.381 e. The van der Waals surface area contributed by atoms with Gasteiger partial charge in [0.15, 0.2) is 0 Å². The molecule has 2 rings (SSSR count). The van der Waals surface area contributed by atoms with Crippen molar-refractivity contribution in [1.29, 1.82) is 0 Å². The summed E-state index contributed by atoms with van der Waals surface area (Å²) in [4.78, 5) is 2.22. The van der Waals surface area contributed by atoms with Crippen molar-refractivity contribution in [2.45, 2.75) is 25.4 Å². The molecule has 1 heterocycles. The van der Waals surface area contributed by atoms with E-state index in [1.54, 1.807) is 6.92 Å². The van der Waals surface area contributed by atoms with Crippen LogP contribution in [-0.4, -0.2) is 47.5 Å². The maximum absolute atomic E-state index is 12.0. The van der Waals surface area contributed by atoms with Crippen molar-refractivity contribution in [3.8, 4) is 0 Å². The molecule has 0 aliphatic carbocycles. The van der Waals surface area contributed by atoms with Crippen molar-refractivity contribution in [1.82, 2.24) is 4.72 Å². The molecule has 1 aliphatic heterocycles. The predicted molar refractivity (Wildman–Crippen MR) is 85.3 cm³/mol. The molecular weight excluding hydrogens is 288 g/mol. The van der Waals surface area contributed by atoms with Crippen LogP contribution >= 0.6 is 0 Å². The van der Waals surface area contributed by atoms with Crippen LogP contribution in [-0.2, 0) is 14.8 Å². The molecule has 1 aromatic rings. The fourth-order valence-corrected chi connectivity index (χ4v) is 4.01. The molecule has 1 aromatic carbocycles. The van der Waals surface area contributed by atoms with Crippen LogP contribution in [0.1, 0.15) is 24.8 Å². The van der Waals surface area contributed by atoms with Crippen LogP contribution in [0.3, 0.4) is 0 Å². The van der Waals surface area contributed by atoms with Crippen molar-refractivity contribution in [3.63, 3.8) is 0 Å². The minimum Gasteiger partial charge on any atom is -0.381 e. The Labute approximate surface area is 127 Å². The van der Waals surface area contributed by atoms with Crippen molar-refractivity contribution in [2.24, 2.45) is 0 Å². The van der Waals surface area contributed by atoms with Crippen molar-refractivity contribution in [2.75, 3.05) is 37.9 Å². The lowest BCUT2D eigenvalue weighted by atomic mass is 9.90. The highest BCUT2D eigenvalue weighted by atomic mass is 32.2. The molecule has 0 fully saturated rings. The van der Waals surface area contributed by atoms with Gasteiger partial charge in [0, 0.05) is 38.9 Å². The number of ether oxygens (including phenoxy) is 1. The Morgan fingerprint density at radius 1 is 1.43 bits per heavy atom. The Kier molecular flexibility index (Phi) is 5.24. The first-order valence-corrected chi connectivity index (χ1v) is 8.88. The van der Waals surface area contributed by atoms with Crippen LogP contribution in [0.15, 0.2) is 24.3 Å². The number of anilines is 1. The average molecular weight is 312 g/mol. The minimum atomic E-state index is -3.30. The first-order chi connectivity index (χ1) is 9.93. The highest BCUT2D eigenvalue weighted by molar-refractivity contribution is 7.89. The summed E-state index contributed by atoms with van der Waals surface area (Å²) in [6, 6.07) is 8.19. The van der Waals surface area contributed by atoms with Crippen molar-refractivity contribution < 1.29 is 13.2 Å². The van der Waals surface area contributed by atoms with Crippen molar-refractivity contribution in [3.05, 3.63) is 29.8 Å². The minimum absolute atomic E-state index is 0.00221. The molecule has 21 heavy (non-hydrogen) atoms. The number of nitrogens with one attached hydrogen (secondary N) is 1. The summed E-state index contributed by atoms with van der Waals surface area (Å²) < 4.78 is 31.8. The number of sulfonamides is 1. The summed E-state index contributed by atoms with van der Waals surface area (Å²) in [5, 5.41) is 0. The van der Waals surface area contributed by atoms with E-state index in [0.29, 0.717) is 6.54 Å². The monoisotopic (exact) mass is 312 g/mol. The molecule has 0 aromatic heterocycles. The molecule has 0 saturated carbocycles. The SMILES string of the molecule is CO[C@H](C)CS(=O)(=O)NC[C@H]1CCN(C)c2ccccc21. The van der Waals surface area contributed by atoms with Gasteiger partial charge >= 0.3 is 0 Å². The number of nitrogens with zero attached hydrogens (tertiary/aromatic N) is 1. The zero-order valence-corrected chi connectivity index (χ0v) is 13.7. The lowest BCUT2D eigenvalue weighted by molar-refractivity contribution is 0.136. The van der Waals surface area contributed by atoms with Crippen LogP contribution in [0.2, 0.25) is 0 Å². The molecule has 0 saturated heterocycles. The Morgan fingerprint density at radius 2 is 2.14 bits per heavy atom. The molecule has 0 unspecified atom stereocenters. The average Bonchev–Trinajstić information content (AvgIpc) is 2.46. The molecule has 0 bridgehead atoms. The van der Waals surface area contributed by atoms with E-state index in [-0.39, 0.29) is 17.8 Å². The standard InChI is InChI=1S/C15H24N2O3S/c1-12(20-3)11-21(18,19)16-10-13-8-9-17(2)15-7-5-4-6-14(13)15/h4-7,12-13,16H,8-11H2,1-3H3/t12-,13-/m1/s1. The molecule has 0 radical (unpaired) electrons. The number of methoxy groups -OCH3 is 1. The normalized spacial score (nSPS) is 20.1. The van der Waals surface area contributed by atoms with Gasteiger partial charge in [-0.05, 0) is 25.0 Å². The van der Waals surface area contributed by atoms with Crippen LogP contribution < -0.4 is 9.62 Å². The number of rotatable bonds is 6. The predicted octanol–water partition coefficient (Wildman–Crippen LogP) is 1.56. The van der Waals surface area contributed by atoms with E-state index in [1.165, 1.54) is 18.4 Å². The number of benzene rings is 1. The molecular formula is C15H24N2O3S. The molecule has 1 aliphatic rings. The van der Waals surface area contributed by atoms with Crippen molar-refractivity contribution >= 4 is 15.7 Å². The van der Waals surface area contributed by atoms with E-state index < -0.39 is 10.0 Å². The fourth-order valence-electron chi connectivity index (χ4n) is 2.68. The molecule has 118 valence electrons. The van der Waals surface area contributed by atoms with Gasteiger partial charge in [-0.3, -0.25) is 0 Å². The van der Waals surface area contributed by atoms with Gasteiger partial charge in [-0.15, -0.1) is 0 Å². The molecule has 1 N–H and O–H groups in total. The third kappa shape index (κ3) is 4.18. The molecule has 5 nitrogen and oxygen atoms in total. The summed E-state index contributed by atoms with van der Waals surface area (Å²) in [6.45, 7) is 3.14. The van der Waals surface area contributed by atoms with E-state index >= 15 is 0 Å². The van der Waals surface area contributed by atoms with Crippen LogP contribution in [0.4, 0.5) is 5.69 Å². The Bertz CT molecular complexity index is 574. The summed E-state index contributed by atoms with van der Waals surface area (Å²) in [5.74, 6) is 0.225. The van der Waals surface area contributed by atoms with Gasteiger partial charge in [0.05, 0.1) is 11.9 Å². The maximum Gasteiger partial charge on any atom is 0.214 e. The molecule has 0 amide bonds. The third-order valence-electron chi connectivity index (χ3n) is 4.01. The van der Waals surface area contributed by atoms with Gasteiger partial charge in [0.25, 0.3) is 0 Å². The topological polar surface area (TPSA) is 58.6 Å². The molecule has 0 spiro atoms. The smallest absolute Gasteiger partial charge is 0.214 e. The van der Waals surface area contributed by atoms with Gasteiger partial charge in [-0.2, -0.15) is 0 Å². The highest BCUT2D eigenvalue weighted by Gasteiger charge is 2.24. The van der Waals surface area contributed by atoms with E-state index in [2.05, 4.69) is 28.8 Å². The summed E-state index contributed by atoms with van der Waals surface area (Å²) in [5.41, 5.74) is 2.41. The number of hydrogen-bond donors (Lipinski definition) is 1. The summed E-state index contributed by atoms with van der Waals surface area (Å²) in [6.07, 6.45) is 0.655. The van der Waals surface area contributed by atoms with Gasteiger partial charge in [-0.1, -0.05) is 18.2 Å². The second-order valence-electron chi connectivity index (χ2n) is 5.64. The van der Waals surface area contributed by atoms with E-state index in [0.717, 1.165) is 13.0 Å². The number of fused-ring (bicyclic) bond motifs is 1. The first kappa shape index (κ1) is 16.3. The highest BCUT2D eigenvalue weighted by Crippen LogP contribution is 2.33. The molecule has 6 heteroatoms. The second kappa shape index (κ2) is 6.77. The van der Waals surface area contributed by atoms with E-state index in [9.17, 15) is 8.42 Å². The van der Waals surface area contributed by atoms with Crippen LogP contribution in [0.5, 0.6) is 0 Å². The van der Waals surface area contributed by atoms with Gasteiger partial charge in [-0.25, -0.2) is 13.1 Å². The van der Waals surface area contributed by atoms with Crippen LogP contribution in [0.25, 0.3) is 0 Å². The zero-order chi connectivity index (χ0) is 15.5. The zero-order valence-electron chi connectivity index (χ0n) is 12.9. The van der Waals surface area contributed by atoms with Gasteiger partial charge in [0.2, 0.25) is 10.0 Å². The van der Waals surface area contributed by atoms with E-state index in [1.807, 2.05) is 12.1 Å². The first-order valence-electron chi connectivity index (χ1n) is 7.23. The quantitative estimate of drug-likeness (QED) is 0.866.